The summed E-state index contributed by atoms with van der Waals surface area (Å²) in [5.74, 6) is 0.483. The number of carbonyl (C=O) groups is 1. The van der Waals surface area contributed by atoms with Gasteiger partial charge in [0.1, 0.15) is 18.0 Å². The number of aromatic amines is 1. The summed E-state index contributed by atoms with van der Waals surface area (Å²) < 4.78 is 13.0. The molecule has 7 heteroatoms. The Morgan fingerprint density at radius 2 is 1.96 bits per heavy atom. The van der Waals surface area contributed by atoms with Gasteiger partial charge in [-0.3, -0.25) is 14.8 Å². The predicted molar refractivity (Wildman–Crippen MR) is 103 cm³/mol. The average molecular weight is 379 g/mol. The highest BCUT2D eigenvalue weighted by Gasteiger charge is 2.31. The molecule has 1 amide bonds. The molecule has 1 unspecified atom stereocenters. The Hall–Kier alpha value is -3.06. The number of amides is 1. The van der Waals surface area contributed by atoms with E-state index in [0.29, 0.717) is 32.5 Å². The second kappa shape index (κ2) is 8.31. The first-order valence-corrected chi connectivity index (χ1v) is 9.36. The van der Waals surface area contributed by atoms with Crippen molar-refractivity contribution in [2.24, 2.45) is 0 Å². The van der Waals surface area contributed by atoms with E-state index in [0.717, 1.165) is 11.4 Å². The van der Waals surface area contributed by atoms with E-state index in [2.05, 4.69) is 37.5 Å². The number of nitrogens with one attached hydrogen (secondary N) is 2. The zero-order chi connectivity index (χ0) is 19.3. The van der Waals surface area contributed by atoms with Gasteiger partial charge in [0, 0.05) is 13.1 Å². The highest BCUT2D eigenvalue weighted by molar-refractivity contribution is 5.82. The molecule has 1 aromatic heterocycles. The third-order valence-electron chi connectivity index (χ3n) is 5.09. The molecule has 144 valence electrons. The first-order valence-electron chi connectivity index (χ1n) is 9.36. The van der Waals surface area contributed by atoms with Crippen LogP contribution in [0.5, 0.6) is 0 Å². The number of benzene rings is 2. The summed E-state index contributed by atoms with van der Waals surface area (Å²) in [5, 5.41) is 9.81. The lowest BCUT2D eigenvalue weighted by Gasteiger charge is -2.35. The van der Waals surface area contributed by atoms with Crippen LogP contribution in [0, 0.1) is 5.82 Å². The van der Waals surface area contributed by atoms with E-state index in [1.807, 2.05) is 12.1 Å². The summed E-state index contributed by atoms with van der Waals surface area (Å²) in [4.78, 5) is 19.3. The number of nitrogens with zero attached hydrogens (tertiary/aromatic N) is 3. The smallest absolute Gasteiger partial charge is 0.237 e. The van der Waals surface area contributed by atoms with Gasteiger partial charge in [-0.1, -0.05) is 36.4 Å². The molecule has 1 atom stereocenters. The van der Waals surface area contributed by atoms with Gasteiger partial charge in [0.15, 0.2) is 0 Å². The summed E-state index contributed by atoms with van der Waals surface area (Å²) in [6.45, 7) is 1.73. The molecule has 6 nitrogen and oxygen atoms in total. The van der Waals surface area contributed by atoms with Crippen LogP contribution in [-0.2, 0) is 30.7 Å². The van der Waals surface area contributed by atoms with Gasteiger partial charge in [-0.15, -0.1) is 0 Å². The maximum absolute atomic E-state index is 13.0. The summed E-state index contributed by atoms with van der Waals surface area (Å²) in [6, 6.07) is 14.3. The maximum Gasteiger partial charge on any atom is 0.237 e. The monoisotopic (exact) mass is 379 g/mol. The molecule has 3 aromatic rings. The third-order valence-corrected chi connectivity index (χ3v) is 5.09. The number of aromatic nitrogens is 3. The number of H-pyrrole nitrogens is 1. The van der Waals surface area contributed by atoms with Crippen molar-refractivity contribution in [3.05, 3.63) is 83.2 Å². The van der Waals surface area contributed by atoms with E-state index >= 15 is 0 Å². The summed E-state index contributed by atoms with van der Waals surface area (Å²) in [5.41, 5.74) is 3.43. The van der Waals surface area contributed by atoms with Crippen molar-refractivity contribution in [2.45, 2.75) is 32.0 Å². The highest BCUT2D eigenvalue weighted by atomic mass is 19.1. The molecule has 0 fully saturated rings. The van der Waals surface area contributed by atoms with Crippen molar-refractivity contribution in [2.75, 3.05) is 6.54 Å². The quantitative estimate of drug-likeness (QED) is 0.689. The van der Waals surface area contributed by atoms with E-state index in [1.54, 1.807) is 12.1 Å². The third kappa shape index (κ3) is 4.26. The van der Waals surface area contributed by atoms with Crippen LogP contribution in [0.2, 0.25) is 0 Å². The summed E-state index contributed by atoms with van der Waals surface area (Å²) in [7, 11) is 0. The fourth-order valence-electron chi connectivity index (χ4n) is 3.60. The van der Waals surface area contributed by atoms with E-state index in [4.69, 9.17) is 0 Å². The Bertz CT molecular complexity index is 926. The van der Waals surface area contributed by atoms with E-state index in [1.165, 1.54) is 29.6 Å². The minimum absolute atomic E-state index is 0.00358. The number of hydrogen-bond acceptors (Lipinski definition) is 4. The Morgan fingerprint density at radius 3 is 2.71 bits per heavy atom. The molecule has 28 heavy (non-hydrogen) atoms. The zero-order valence-corrected chi connectivity index (χ0v) is 15.4. The van der Waals surface area contributed by atoms with Crippen LogP contribution in [0.15, 0.2) is 54.9 Å². The SMILES string of the molecule is O=C(NCCc1ccc(F)cc1)C1Cc2ccccc2CN1Cc1ncn[nH]1. The van der Waals surface area contributed by atoms with Crippen LogP contribution in [0.1, 0.15) is 22.5 Å². The lowest BCUT2D eigenvalue weighted by molar-refractivity contribution is -0.127. The topological polar surface area (TPSA) is 73.9 Å². The van der Waals surface area contributed by atoms with Gasteiger partial charge in [0.2, 0.25) is 5.91 Å². The predicted octanol–water partition coefficient (Wildman–Crippen LogP) is 2.23. The zero-order valence-electron chi connectivity index (χ0n) is 15.4. The molecular weight excluding hydrogens is 357 g/mol. The number of rotatable bonds is 6. The largest absolute Gasteiger partial charge is 0.354 e. The normalized spacial score (nSPS) is 16.5. The molecule has 0 saturated heterocycles. The first kappa shape index (κ1) is 18.3. The number of carbonyl (C=O) groups excluding carboxylic acids is 1. The molecule has 2 aromatic carbocycles. The number of fused-ring (bicyclic) bond motifs is 1. The summed E-state index contributed by atoms with van der Waals surface area (Å²) in [6.07, 6.45) is 2.80. The van der Waals surface area contributed by atoms with Crippen molar-refractivity contribution in [1.29, 1.82) is 0 Å². The Kier molecular flexibility index (Phi) is 5.43. The van der Waals surface area contributed by atoms with Gasteiger partial charge >= 0.3 is 0 Å². The molecule has 0 spiro atoms. The molecule has 2 heterocycles. The van der Waals surface area contributed by atoms with Crippen LogP contribution in [0.4, 0.5) is 4.39 Å². The first-order chi connectivity index (χ1) is 13.7. The molecule has 4 rings (SSSR count). The molecule has 0 bridgehead atoms. The highest BCUT2D eigenvalue weighted by Crippen LogP contribution is 2.24. The number of hydrogen-bond donors (Lipinski definition) is 2. The standard InChI is InChI=1S/C21H22FN5O/c22-18-7-5-15(6-8-18)9-10-23-21(28)19-11-16-3-1-2-4-17(16)12-27(19)13-20-24-14-25-26-20/h1-8,14,19H,9-13H2,(H,23,28)(H,24,25,26). The van der Waals surface area contributed by atoms with Gasteiger partial charge in [-0.2, -0.15) is 5.10 Å². The van der Waals surface area contributed by atoms with Gasteiger partial charge in [-0.25, -0.2) is 9.37 Å². The molecular formula is C21H22FN5O. The lowest BCUT2D eigenvalue weighted by Crippen LogP contribution is -2.50. The molecule has 0 radical (unpaired) electrons. The van der Waals surface area contributed by atoms with Gasteiger partial charge < -0.3 is 5.32 Å². The molecule has 1 aliphatic heterocycles. The van der Waals surface area contributed by atoms with Crippen molar-refractivity contribution in [1.82, 2.24) is 25.4 Å². The molecule has 0 saturated carbocycles. The van der Waals surface area contributed by atoms with E-state index in [9.17, 15) is 9.18 Å². The Balaban J connectivity index is 1.43. The Morgan fingerprint density at radius 1 is 1.18 bits per heavy atom. The minimum Gasteiger partial charge on any atom is -0.354 e. The molecule has 0 aliphatic carbocycles. The van der Waals surface area contributed by atoms with Gasteiger partial charge in [0.25, 0.3) is 0 Å². The van der Waals surface area contributed by atoms with E-state index in [-0.39, 0.29) is 17.8 Å². The second-order valence-corrected chi connectivity index (χ2v) is 6.99. The van der Waals surface area contributed by atoms with Crippen LogP contribution in [-0.4, -0.2) is 38.6 Å². The molecule has 1 aliphatic rings. The van der Waals surface area contributed by atoms with E-state index < -0.39 is 0 Å². The maximum atomic E-state index is 13.0. The lowest BCUT2D eigenvalue weighted by atomic mass is 9.93. The fraction of sp³-hybridized carbons (Fsp3) is 0.286. The van der Waals surface area contributed by atoms with Crippen molar-refractivity contribution in [3.8, 4) is 0 Å². The van der Waals surface area contributed by atoms with Gasteiger partial charge in [-0.05, 0) is 41.7 Å². The van der Waals surface area contributed by atoms with Crippen LogP contribution in [0.25, 0.3) is 0 Å². The Labute approximate surface area is 162 Å². The fourth-order valence-corrected chi connectivity index (χ4v) is 3.60. The van der Waals surface area contributed by atoms with Gasteiger partial charge in [0.05, 0.1) is 12.6 Å². The average Bonchev–Trinajstić information content (AvgIpc) is 3.22. The van der Waals surface area contributed by atoms with Crippen LogP contribution < -0.4 is 5.32 Å². The second-order valence-electron chi connectivity index (χ2n) is 6.99. The van der Waals surface area contributed by atoms with Crippen LogP contribution >= 0.6 is 0 Å². The van der Waals surface area contributed by atoms with Crippen molar-refractivity contribution in [3.63, 3.8) is 0 Å². The van der Waals surface area contributed by atoms with Crippen molar-refractivity contribution >= 4 is 5.91 Å². The van der Waals surface area contributed by atoms with Crippen LogP contribution in [0.3, 0.4) is 0 Å². The minimum atomic E-state index is -0.270. The van der Waals surface area contributed by atoms with Crippen molar-refractivity contribution < 1.29 is 9.18 Å². The summed E-state index contributed by atoms with van der Waals surface area (Å²) >= 11 is 0. The molecule has 2 N–H and O–H groups in total. The number of halogens is 1.